The lowest BCUT2D eigenvalue weighted by atomic mass is 9.48. The number of carboxylic acid groups (broad SMARTS) is 1. The maximum atomic E-state index is 11.5. The standard InChI is InChI=1S/C21H28N2O5/c1-11(19(25)26)22-13-6-7-21(27-3)15-10-12-4-5-14(24)17-16(12)20(21,18(13)28-17)8-9-23(15)2/h4-5,11,13,15,18,22,24H,6-10H2,1-3H3,(H,25,26)/t11-,13-,15+,18-,20-,21+/m0/s1. The number of likely N-dealkylation sites (tertiary alicyclic amines) is 1. The lowest BCUT2D eigenvalue weighted by Crippen LogP contribution is -2.78. The van der Waals surface area contributed by atoms with Crippen LogP contribution in [-0.2, 0) is 21.4 Å². The van der Waals surface area contributed by atoms with E-state index in [1.165, 1.54) is 5.56 Å². The molecule has 152 valence electrons. The van der Waals surface area contributed by atoms with Crippen molar-refractivity contribution in [2.45, 2.75) is 67.9 Å². The highest BCUT2D eigenvalue weighted by atomic mass is 16.5. The quantitative estimate of drug-likeness (QED) is 0.715. The second-order valence-corrected chi connectivity index (χ2v) is 8.87. The van der Waals surface area contributed by atoms with Crippen LogP contribution >= 0.6 is 0 Å². The lowest BCUT2D eigenvalue weighted by molar-refractivity contribution is -0.204. The molecule has 0 amide bonds. The van der Waals surface area contributed by atoms with Gasteiger partial charge in [-0.1, -0.05) is 6.07 Å². The monoisotopic (exact) mass is 388 g/mol. The van der Waals surface area contributed by atoms with Crippen LogP contribution in [-0.4, -0.2) is 71.6 Å². The largest absolute Gasteiger partial charge is 0.504 e. The maximum Gasteiger partial charge on any atom is 0.320 e. The van der Waals surface area contributed by atoms with E-state index in [0.29, 0.717) is 5.75 Å². The minimum Gasteiger partial charge on any atom is -0.504 e. The van der Waals surface area contributed by atoms with E-state index in [9.17, 15) is 15.0 Å². The van der Waals surface area contributed by atoms with Crippen molar-refractivity contribution in [2.24, 2.45) is 0 Å². The molecule has 2 aliphatic heterocycles. The van der Waals surface area contributed by atoms with Crippen molar-refractivity contribution in [3.63, 3.8) is 0 Å². The fraction of sp³-hybridized carbons (Fsp3) is 0.667. The van der Waals surface area contributed by atoms with E-state index in [4.69, 9.17) is 9.47 Å². The highest BCUT2D eigenvalue weighted by molar-refractivity contribution is 5.73. The molecule has 2 heterocycles. The SMILES string of the molecule is CO[C@@]12CC[C@H](N[C@@H](C)C(=O)O)[C@@H]3Oc4c(O)ccc5c4[C@@]31CCN(C)[C@@H]2C5. The number of carbonyl (C=O) groups is 1. The number of methoxy groups -OCH3 is 1. The van der Waals surface area contributed by atoms with Gasteiger partial charge in [-0.05, 0) is 57.8 Å². The summed E-state index contributed by atoms with van der Waals surface area (Å²) < 4.78 is 12.8. The molecule has 4 aliphatic rings. The average Bonchev–Trinajstić information content (AvgIpc) is 3.03. The first kappa shape index (κ1) is 18.2. The summed E-state index contributed by atoms with van der Waals surface area (Å²) in [4.78, 5) is 13.9. The van der Waals surface area contributed by atoms with Crippen molar-refractivity contribution < 1.29 is 24.5 Å². The smallest absolute Gasteiger partial charge is 0.320 e. The van der Waals surface area contributed by atoms with Gasteiger partial charge in [0.2, 0.25) is 0 Å². The zero-order valence-corrected chi connectivity index (χ0v) is 16.6. The summed E-state index contributed by atoms with van der Waals surface area (Å²) >= 11 is 0. The average molecular weight is 388 g/mol. The maximum absolute atomic E-state index is 11.5. The van der Waals surface area contributed by atoms with Gasteiger partial charge in [0.15, 0.2) is 11.5 Å². The van der Waals surface area contributed by atoms with Crippen LogP contribution in [0, 0.1) is 0 Å². The predicted molar refractivity (Wildman–Crippen MR) is 102 cm³/mol. The van der Waals surface area contributed by atoms with E-state index in [2.05, 4.69) is 17.3 Å². The van der Waals surface area contributed by atoms with Crippen LogP contribution in [0.4, 0.5) is 0 Å². The molecular weight excluding hydrogens is 360 g/mol. The predicted octanol–water partition coefficient (Wildman–Crippen LogP) is 1.26. The molecule has 2 bridgehead atoms. The van der Waals surface area contributed by atoms with Gasteiger partial charge in [0, 0.05) is 24.8 Å². The van der Waals surface area contributed by atoms with Gasteiger partial charge in [-0.25, -0.2) is 0 Å². The molecule has 1 spiro atoms. The first-order valence-corrected chi connectivity index (χ1v) is 10.1. The Labute approximate surface area is 164 Å². The van der Waals surface area contributed by atoms with E-state index in [-0.39, 0.29) is 29.4 Å². The molecule has 1 saturated heterocycles. The molecular formula is C21H28N2O5. The molecule has 1 aromatic carbocycles. The second-order valence-electron chi connectivity index (χ2n) is 8.87. The van der Waals surface area contributed by atoms with Crippen molar-refractivity contribution >= 4 is 5.97 Å². The summed E-state index contributed by atoms with van der Waals surface area (Å²) in [5.41, 5.74) is 1.53. The van der Waals surface area contributed by atoms with E-state index >= 15 is 0 Å². The van der Waals surface area contributed by atoms with Gasteiger partial charge in [0.1, 0.15) is 12.1 Å². The van der Waals surface area contributed by atoms with Crippen molar-refractivity contribution in [3.05, 3.63) is 23.3 Å². The van der Waals surface area contributed by atoms with Crippen molar-refractivity contribution in [1.82, 2.24) is 10.2 Å². The number of hydrogen-bond donors (Lipinski definition) is 3. The Hall–Kier alpha value is -1.83. The first-order chi connectivity index (χ1) is 13.4. The molecule has 1 aromatic rings. The van der Waals surface area contributed by atoms with Gasteiger partial charge in [0.25, 0.3) is 0 Å². The van der Waals surface area contributed by atoms with Gasteiger partial charge >= 0.3 is 5.97 Å². The highest BCUT2D eigenvalue weighted by Gasteiger charge is 2.73. The zero-order valence-electron chi connectivity index (χ0n) is 16.6. The molecule has 2 fully saturated rings. The Morgan fingerprint density at radius 2 is 2.21 bits per heavy atom. The molecule has 7 nitrogen and oxygen atoms in total. The van der Waals surface area contributed by atoms with Crippen molar-refractivity contribution in [1.29, 1.82) is 0 Å². The number of rotatable bonds is 4. The fourth-order valence-corrected chi connectivity index (χ4v) is 6.70. The van der Waals surface area contributed by atoms with Crippen LogP contribution in [0.1, 0.15) is 37.3 Å². The summed E-state index contributed by atoms with van der Waals surface area (Å²) in [5, 5.41) is 23.3. The molecule has 6 atom stereocenters. The second kappa shape index (κ2) is 5.84. The van der Waals surface area contributed by atoms with Gasteiger partial charge in [-0.15, -0.1) is 0 Å². The number of phenolic OH excluding ortho intramolecular Hbond substituents is 1. The molecule has 0 unspecified atom stereocenters. The molecule has 0 radical (unpaired) electrons. The Morgan fingerprint density at radius 1 is 1.43 bits per heavy atom. The molecule has 7 heteroatoms. The lowest BCUT2D eigenvalue weighted by Gasteiger charge is -2.65. The van der Waals surface area contributed by atoms with Crippen LogP contribution in [0.25, 0.3) is 0 Å². The number of nitrogens with one attached hydrogen (secondary N) is 1. The Morgan fingerprint density at radius 3 is 2.93 bits per heavy atom. The van der Waals surface area contributed by atoms with Gasteiger partial charge in [-0.3, -0.25) is 10.1 Å². The Bertz CT molecular complexity index is 844. The number of phenols is 1. The van der Waals surface area contributed by atoms with Crippen LogP contribution < -0.4 is 10.1 Å². The minimum atomic E-state index is -0.870. The third-order valence-electron chi connectivity index (χ3n) is 7.89. The normalized spacial score (nSPS) is 39.2. The molecule has 0 aromatic heterocycles. The minimum absolute atomic E-state index is 0.115. The van der Waals surface area contributed by atoms with E-state index in [1.54, 1.807) is 20.1 Å². The van der Waals surface area contributed by atoms with Gasteiger partial charge in [0.05, 0.1) is 11.0 Å². The van der Waals surface area contributed by atoms with Gasteiger partial charge in [-0.2, -0.15) is 0 Å². The highest BCUT2D eigenvalue weighted by Crippen LogP contribution is 2.66. The number of hydrogen-bond acceptors (Lipinski definition) is 6. The number of aromatic hydroxyl groups is 1. The number of benzene rings is 1. The number of aliphatic carboxylic acids is 1. The summed E-state index contributed by atoms with van der Waals surface area (Å²) in [6.07, 6.45) is 3.07. The number of carboxylic acids is 1. The first-order valence-electron chi connectivity index (χ1n) is 10.1. The number of piperidine rings is 1. The van der Waals surface area contributed by atoms with Crippen molar-refractivity contribution in [3.8, 4) is 11.5 Å². The number of nitrogens with zero attached hydrogens (tertiary/aromatic N) is 1. The van der Waals surface area contributed by atoms with Crippen LogP contribution in [0.15, 0.2) is 12.1 Å². The molecule has 28 heavy (non-hydrogen) atoms. The number of likely N-dealkylation sites (N-methyl/N-ethyl adjacent to an activating group) is 1. The number of ether oxygens (including phenoxy) is 2. The van der Waals surface area contributed by atoms with E-state index in [1.807, 2.05) is 6.07 Å². The van der Waals surface area contributed by atoms with Gasteiger partial charge < -0.3 is 24.6 Å². The van der Waals surface area contributed by atoms with Crippen LogP contribution in [0.3, 0.4) is 0 Å². The van der Waals surface area contributed by atoms with E-state index < -0.39 is 17.6 Å². The molecule has 5 rings (SSSR count). The molecule has 2 aliphatic carbocycles. The third kappa shape index (κ3) is 1.97. The molecule has 3 N–H and O–H groups in total. The summed E-state index contributed by atoms with van der Waals surface area (Å²) in [6.45, 7) is 2.59. The summed E-state index contributed by atoms with van der Waals surface area (Å²) in [5.74, 6) is -0.136. The van der Waals surface area contributed by atoms with E-state index in [0.717, 1.165) is 37.8 Å². The summed E-state index contributed by atoms with van der Waals surface area (Å²) in [6, 6.07) is 3.20. The van der Waals surface area contributed by atoms with Crippen LogP contribution in [0.5, 0.6) is 11.5 Å². The molecule has 1 saturated carbocycles. The Balaban J connectivity index is 1.70. The van der Waals surface area contributed by atoms with Crippen molar-refractivity contribution in [2.75, 3.05) is 20.7 Å². The third-order valence-corrected chi connectivity index (χ3v) is 7.89. The Kier molecular flexibility index (Phi) is 3.80. The topological polar surface area (TPSA) is 91.3 Å². The fourth-order valence-electron chi connectivity index (χ4n) is 6.70. The zero-order chi connectivity index (χ0) is 19.8. The summed E-state index contributed by atoms with van der Waals surface area (Å²) in [7, 11) is 3.96. The van der Waals surface area contributed by atoms with Crippen LogP contribution in [0.2, 0.25) is 0 Å².